The van der Waals surface area contributed by atoms with Gasteiger partial charge in [0, 0.05) is 18.7 Å². The Morgan fingerprint density at radius 1 is 1.11 bits per heavy atom. The molecule has 0 saturated carbocycles. The third kappa shape index (κ3) is 2.43. The monoisotopic (exact) mass is 368 g/mol. The van der Waals surface area contributed by atoms with Gasteiger partial charge >= 0.3 is 0 Å². The fraction of sp³-hybridized carbons (Fsp3) is 0.421. The van der Waals surface area contributed by atoms with E-state index in [9.17, 15) is 4.79 Å². The van der Waals surface area contributed by atoms with Gasteiger partial charge in [-0.1, -0.05) is 5.16 Å². The molecule has 1 saturated heterocycles. The Morgan fingerprint density at radius 3 is 2.67 bits per heavy atom. The van der Waals surface area contributed by atoms with Gasteiger partial charge in [-0.3, -0.25) is 4.79 Å². The van der Waals surface area contributed by atoms with Gasteiger partial charge in [0.25, 0.3) is 5.91 Å². The van der Waals surface area contributed by atoms with Crippen LogP contribution in [0, 0.1) is 13.8 Å². The summed E-state index contributed by atoms with van der Waals surface area (Å²) in [6, 6.07) is 3.90. The van der Waals surface area contributed by atoms with Crippen LogP contribution < -0.4 is 4.74 Å². The van der Waals surface area contributed by atoms with Crippen LogP contribution in [0.2, 0.25) is 0 Å². The van der Waals surface area contributed by atoms with Gasteiger partial charge in [-0.15, -0.1) is 0 Å². The molecule has 1 amide bonds. The Balaban J connectivity index is 1.67. The second-order valence-electron chi connectivity index (χ2n) is 6.85. The SMILES string of the molecule is Cc1noc(C)c1-c1ccc2nc(C(=O)N3CCOCC3)n3c2c1OCC3. The number of benzene rings is 1. The lowest BCUT2D eigenvalue weighted by Crippen LogP contribution is -2.42. The van der Waals surface area contributed by atoms with Crippen molar-refractivity contribution in [3.8, 4) is 16.9 Å². The summed E-state index contributed by atoms with van der Waals surface area (Å²) in [6.07, 6.45) is 0. The molecule has 0 unspecified atom stereocenters. The van der Waals surface area contributed by atoms with Crippen molar-refractivity contribution in [3.63, 3.8) is 0 Å². The van der Waals surface area contributed by atoms with Crippen molar-refractivity contribution in [2.24, 2.45) is 0 Å². The van der Waals surface area contributed by atoms with Crippen LogP contribution in [-0.2, 0) is 11.3 Å². The predicted molar refractivity (Wildman–Crippen MR) is 96.9 cm³/mol. The van der Waals surface area contributed by atoms with Gasteiger partial charge in [-0.2, -0.15) is 0 Å². The summed E-state index contributed by atoms with van der Waals surface area (Å²) in [5.41, 5.74) is 4.28. The molecule has 2 aliphatic rings. The first kappa shape index (κ1) is 16.3. The van der Waals surface area contributed by atoms with Crippen molar-refractivity contribution in [1.29, 1.82) is 0 Å². The molecule has 4 heterocycles. The molecule has 0 bridgehead atoms. The van der Waals surface area contributed by atoms with Crippen molar-refractivity contribution < 1.29 is 18.8 Å². The van der Waals surface area contributed by atoms with Crippen molar-refractivity contribution in [3.05, 3.63) is 29.4 Å². The van der Waals surface area contributed by atoms with Gasteiger partial charge in [0.1, 0.15) is 17.9 Å². The number of nitrogens with zero attached hydrogens (tertiary/aromatic N) is 4. The maximum Gasteiger partial charge on any atom is 0.290 e. The normalized spacial score (nSPS) is 16.6. The van der Waals surface area contributed by atoms with Gasteiger partial charge in [0.2, 0.25) is 0 Å². The van der Waals surface area contributed by atoms with E-state index in [0.29, 0.717) is 45.3 Å². The molecule has 2 aliphatic heterocycles. The van der Waals surface area contributed by atoms with Crippen molar-refractivity contribution in [2.45, 2.75) is 20.4 Å². The van der Waals surface area contributed by atoms with E-state index in [4.69, 9.17) is 14.0 Å². The Bertz CT molecular complexity index is 1030. The van der Waals surface area contributed by atoms with Crippen LogP contribution in [0.5, 0.6) is 5.75 Å². The van der Waals surface area contributed by atoms with Crippen LogP contribution in [0.4, 0.5) is 0 Å². The van der Waals surface area contributed by atoms with E-state index in [-0.39, 0.29) is 5.91 Å². The minimum Gasteiger partial charge on any atom is -0.489 e. The molecule has 1 fully saturated rings. The first-order valence-electron chi connectivity index (χ1n) is 9.11. The Hall–Kier alpha value is -2.87. The second kappa shape index (κ2) is 6.09. The molecular weight excluding hydrogens is 348 g/mol. The fourth-order valence-corrected chi connectivity index (χ4v) is 3.93. The lowest BCUT2D eigenvalue weighted by Gasteiger charge is -2.27. The molecule has 3 aromatic rings. The lowest BCUT2D eigenvalue weighted by molar-refractivity contribution is 0.0291. The first-order valence-corrected chi connectivity index (χ1v) is 9.11. The zero-order valence-corrected chi connectivity index (χ0v) is 15.3. The van der Waals surface area contributed by atoms with E-state index in [2.05, 4.69) is 10.1 Å². The van der Waals surface area contributed by atoms with Crippen LogP contribution >= 0.6 is 0 Å². The van der Waals surface area contributed by atoms with Crippen LogP contribution in [0.3, 0.4) is 0 Å². The standard InChI is InChI=1S/C19H20N4O4/c1-11-15(12(2)27-21-11)13-3-4-14-16-17(13)26-10-7-23(16)18(20-14)19(24)22-5-8-25-9-6-22/h3-4H,5-10H2,1-2H3. The average molecular weight is 368 g/mol. The highest BCUT2D eigenvalue weighted by Gasteiger charge is 2.29. The smallest absolute Gasteiger partial charge is 0.290 e. The van der Waals surface area contributed by atoms with Gasteiger partial charge in [0.15, 0.2) is 11.6 Å². The average Bonchev–Trinajstić information content (AvgIpc) is 3.24. The molecule has 1 aromatic carbocycles. The maximum atomic E-state index is 13.0. The van der Waals surface area contributed by atoms with Crippen LogP contribution in [0.1, 0.15) is 22.1 Å². The van der Waals surface area contributed by atoms with E-state index < -0.39 is 0 Å². The van der Waals surface area contributed by atoms with E-state index in [1.165, 1.54) is 0 Å². The minimum atomic E-state index is -0.0544. The molecule has 0 spiro atoms. The van der Waals surface area contributed by atoms with Crippen molar-refractivity contribution in [2.75, 3.05) is 32.9 Å². The number of carbonyl (C=O) groups is 1. The number of hydrogen-bond acceptors (Lipinski definition) is 6. The molecule has 5 rings (SSSR count). The van der Waals surface area contributed by atoms with E-state index >= 15 is 0 Å². The molecule has 8 nitrogen and oxygen atoms in total. The summed E-state index contributed by atoms with van der Waals surface area (Å²) in [6.45, 7) is 7.21. The number of amides is 1. The molecule has 140 valence electrons. The van der Waals surface area contributed by atoms with Gasteiger partial charge in [-0.05, 0) is 26.0 Å². The summed E-state index contributed by atoms with van der Waals surface area (Å²) < 4.78 is 18.7. The number of aryl methyl sites for hydroxylation is 2. The number of ether oxygens (including phenoxy) is 2. The van der Waals surface area contributed by atoms with E-state index in [1.54, 1.807) is 4.90 Å². The Morgan fingerprint density at radius 2 is 1.93 bits per heavy atom. The zero-order chi connectivity index (χ0) is 18.5. The van der Waals surface area contributed by atoms with Crippen molar-refractivity contribution in [1.82, 2.24) is 19.6 Å². The number of hydrogen-bond donors (Lipinski definition) is 0. The highest BCUT2D eigenvalue weighted by atomic mass is 16.5. The molecule has 2 aromatic heterocycles. The first-order chi connectivity index (χ1) is 13.1. The number of imidazole rings is 1. The summed E-state index contributed by atoms with van der Waals surface area (Å²) in [5, 5.41) is 4.06. The maximum absolute atomic E-state index is 13.0. The minimum absolute atomic E-state index is 0.0544. The summed E-state index contributed by atoms with van der Waals surface area (Å²) in [7, 11) is 0. The summed E-state index contributed by atoms with van der Waals surface area (Å²) >= 11 is 0. The predicted octanol–water partition coefficient (Wildman–Crippen LogP) is 2.17. The third-order valence-corrected chi connectivity index (χ3v) is 5.22. The molecule has 27 heavy (non-hydrogen) atoms. The molecule has 0 N–H and O–H groups in total. The molecular formula is C19H20N4O4. The molecule has 0 atom stereocenters. The molecule has 0 radical (unpaired) electrons. The van der Waals surface area contributed by atoms with E-state index in [1.807, 2.05) is 30.5 Å². The summed E-state index contributed by atoms with van der Waals surface area (Å²) in [5.74, 6) is 1.89. The number of morpholine rings is 1. The van der Waals surface area contributed by atoms with Gasteiger partial charge < -0.3 is 23.5 Å². The van der Waals surface area contributed by atoms with E-state index in [0.717, 1.165) is 39.4 Å². The number of aromatic nitrogens is 3. The van der Waals surface area contributed by atoms with Crippen molar-refractivity contribution >= 4 is 16.9 Å². The Kier molecular flexibility index (Phi) is 3.68. The van der Waals surface area contributed by atoms with Crippen LogP contribution in [0.15, 0.2) is 16.7 Å². The van der Waals surface area contributed by atoms with Crippen LogP contribution in [0.25, 0.3) is 22.2 Å². The highest BCUT2D eigenvalue weighted by molar-refractivity contribution is 5.99. The largest absolute Gasteiger partial charge is 0.489 e. The lowest BCUT2D eigenvalue weighted by atomic mass is 10.0. The third-order valence-electron chi connectivity index (χ3n) is 5.22. The highest BCUT2D eigenvalue weighted by Crippen LogP contribution is 2.41. The van der Waals surface area contributed by atoms with Gasteiger partial charge in [0.05, 0.1) is 36.5 Å². The second-order valence-corrected chi connectivity index (χ2v) is 6.85. The topological polar surface area (TPSA) is 82.6 Å². The zero-order valence-electron chi connectivity index (χ0n) is 15.3. The number of rotatable bonds is 2. The van der Waals surface area contributed by atoms with Crippen LogP contribution in [-0.4, -0.2) is 58.4 Å². The van der Waals surface area contributed by atoms with Gasteiger partial charge in [-0.25, -0.2) is 4.98 Å². The number of carbonyl (C=O) groups excluding carboxylic acids is 1. The Labute approximate surface area is 155 Å². The molecule has 8 heteroatoms. The summed E-state index contributed by atoms with van der Waals surface area (Å²) in [4.78, 5) is 19.5. The fourth-order valence-electron chi connectivity index (χ4n) is 3.93. The molecule has 0 aliphatic carbocycles. The quantitative estimate of drug-likeness (QED) is 0.689.